The smallest absolute Gasteiger partial charge is 0.341 e. The quantitative estimate of drug-likeness (QED) is 0.730. The molecule has 0 aliphatic heterocycles. The first-order valence-electron chi connectivity index (χ1n) is 8.20. The van der Waals surface area contributed by atoms with Gasteiger partial charge in [-0.25, -0.2) is 9.78 Å². The molecule has 0 unspecified atom stereocenters. The highest BCUT2D eigenvalue weighted by Gasteiger charge is 2.16. The van der Waals surface area contributed by atoms with Gasteiger partial charge in [-0.1, -0.05) is 29.5 Å². The van der Waals surface area contributed by atoms with E-state index in [-0.39, 0.29) is 18.0 Å². The Balaban J connectivity index is 1.95. The lowest BCUT2D eigenvalue weighted by molar-refractivity contribution is -0.131. The van der Waals surface area contributed by atoms with E-state index in [2.05, 4.69) is 10.3 Å². The average molecular weight is 387 g/mol. The Morgan fingerprint density at radius 1 is 1.15 bits per heavy atom. The summed E-state index contributed by atoms with van der Waals surface area (Å²) in [6, 6.07) is 11.1. The molecule has 0 aliphatic carbocycles. The van der Waals surface area contributed by atoms with Crippen molar-refractivity contribution in [1.29, 1.82) is 0 Å². The maximum atomic E-state index is 12.3. The van der Waals surface area contributed by atoms with Crippen molar-refractivity contribution in [1.82, 2.24) is 15.2 Å². The number of aryl methyl sites for hydroxylation is 1. The Hall–Kier alpha value is -2.87. The molecule has 0 fully saturated rings. The first kappa shape index (κ1) is 20.4. The molecule has 0 spiro atoms. The molecule has 7 nitrogen and oxygen atoms in total. The average Bonchev–Trinajstić information content (AvgIpc) is 2.66. The van der Waals surface area contributed by atoms with Crippen LogP contribution in [-0.4, -0.2) is 54.9 Å². The summed E-state index contributed by atoms with van der Waals surface area (Å²) in [5.41, 5.74) is 1.42. The Kier molecular flexibility index (Phi) is 7.36. The molecule has 2 rings (SSSR count). The molecule has 1 aromatic heterocycles. The first-order valence-corrected chi connectivity index (χ1v) is 9.02. The molecule has 2 aromatic rings. The highest BCUT2D eigenvalue weighted by atomic mass is 32.2. The van der Waals surface area contributed by atoms with Gasteiger partial charge in [0.15, 0.2) is 6.61 Å². The van der Waals surface area contributed by atoms with Crippen LogP contribution in [0.4, 0.5) is 0 Å². The zero-order chi connectivity index (χ0) is 19.8. The molecule has 0 aliphatic rings. The lowest BCUT2D eigenvalue weighted by atomic mass is 10.2. The molecule has 0 radical (unpaired) electrons. The molecule has 0 saturated carbocycles. The predicted octanol–water partition coefficient (Wildman–Crippen LogP) is 1.90. The number of rotatable bonds is 7. The number of esters is 1. The third-order valence-corrected chi connectivity index (χ3v) is 4.52. The van der Waals surface area contributed by atoms with E-state index in [1.807, 2.05) is 31.2 Å². The van der Waals surface area contributed by atoms with Gasteiger partial charge in [-0.15, -0.1) is 0 Å². The van der Waals surface area contributed by atoms with Gasteiger partial charge in [0.1, 0.15) is 5.03 Å². The maximum Gasteiger partial charge on any atom is 0.341 e. The van der Waals surface area contributed by atoms with Crippen LogP contribution in [0.15, 0.2) is 52.5 Å². The summed E-state index contributed by atoms with van der Waals surface area (Å²) in [4.78, 5) is 42.0. The summed E-state index contributed by atoms with van der Waals surface area (Å²) in [7, 11) is 3.17. The van der Waals surface area contributed by atoms with Crippen LogP contribution in [0.2, 0.25) is 0 Å². The lowest BCUT2D eigenvalue weighted by Crippen LogP contribution is -2.38. The summed E-state index contributed by atoms with van der Waals surface area (Å²) in [6.45, 7) is 1.38. The van der Waals surface area contributed by atoms with E-state index in [9.17, 15) is 14.4 Å². The van der Waals surface area contributed by atoms with Gasteiger partial charge in [-0.2, -0.15) is 0 Å². The molecular weight excluding hydrogens is 366 g/mol. The van der Waals surface area contributed by atoms with Crippen LogP contribution in [0.3, 0.4) is 0 Å². The largest absolute Gasteiger partial charge is 0.452 e. The van der Waals surface area contributed by atoms with E-state index in [0.29, 0.717) is 5.03 Å². The molecule has 0 bridgehead atoms. The van der Waals surface area contributed by atoms with Crippen LogP contribution in [0.25, 0.3) is 0 Å². The molecule has 0 saturated heterocycles. The van der Waals surface area contributed by atoms with Crippen LogP contribution in [0.1, 0.15) is 15.9 Å². The minimum Gasteiger partial charge on any atom is -0.452 e. The van der Waals surface area contributed by atoms with E-state index in [0.717, 1.165) is 10.5 Å². The fraction of sp³-hybridized carbons (Fsp3) is 0.263. The second-order valence-electron chi connectivity index (χ2n) is 5.91. The van der Waals surface area contributed by atoms with E-state index in [1.165, 1.54) is 16.7 Å². The zero-order valence-corrected chi connectivity index (χ0v) is 16.2. The van der Waals surface area contributed by atoms with Gasteiger partial charge < -0.3 is 15.0 Å². The third-order valence-electron chi connectivity index (χ3n) is 3.50. The van der Waals surface area contributed by atoms with Crippen LogP contribution in [-0.2, 0) is 14.3 Å². The number of hydrogen-bond acceptors (Lipinski definition) is 6. The summed E-state index contributed by atoms with van der Waals surface area (Å²) in [6.07, 6.45) is 1.59. The SMILES string of the molecule is Cc1ccc(Sc2ncccc2C(=O)OCC(=O)NCC(=O)N(C)C)cc1. The van der Waals surface area contributed by atoms with Gasteiger partial charge in [0, 0.05) is 25.2 Å². The number of hydrogen-bond donors (Lipinski definition) is 1. The topological polar surface area (TPSA) is 88.6 Å². The van der Waals surface area contributed by atoms with Crippen molar-refractivity contribution < 1.29 is 19.1 Å². The van der Waals surface area contributed by atoms with Gasteiger partial charge >= 0.3 is 5.97 Å². The van der Waals surface area contributed by atoms with E-state index < -0.39 is 18.5 Å². The lowest BCUT2D eigenvalue weighted by Gasteiger charge is -2.11. The monoisotopic (exact) mass is 387 g/mol. The van der Waals surface area contributed by atoms with E-state index in [4.69, 9.17) is 4.74 Å². The van der Waals surface area contributed by atoms with Gasteiger partial charge in [-0.3, -0.25) is 9.59 Å². The number of amides is 2. The number of aromatic nitrogens is 1. The molecule has 1 heterocycles. The van der Waals surface area contributed by atoms with Crippen molar-refractivity contribution in [2.75, 3.05) is 27.2 Å². The van der Waals surface area contributed by atoms with Crippen molar-refractivity contribution in [3.05, 3.63) is 53.7 Å². The number of carbonyl (C=O) groups excluding carboxylic acids is 3. The van der Waals surface area contributed by atoms with Gasteiger partial charge in [-0.05, 0) is 31.2 Å². The fourth-order valence-electron chi connectivity index (χ4n) is 1.94. The molecule has 2 amide bonds. The van der Waals surface area contributed by atoms with Crippen molar-refractivity contribution in [2.45, 2.75) is 16.8 Å². The molecular formula is C19H21N3O4S. The second kappa shape index (κ2) is 9.72. The molecule has 0 atom stereocenters. The van der Waals surface area contributed by atoms with Crippen LogP contribution in [0.5, 0.6) is 0 Å². The number of benzene rings is 1. The molecule has 8 heteroatoms. The molecule has 27 heavy (non-hydrogen) atoms. The number of nitrogens with zero attached hydrogens (tertiary/aromatic N) is 2. The van der Waals surface area contributed by atoms with Crippen LogP contribution >= 0.6 is 11.8 Å². The summed E-state index contributed by atoms with van der Waals surface area (Å²) in [5.74, 6) is -1.44. The zero-order valence-electron chi connectivity index (χ0n) is 15.4. The molecule has 142 valence electrons. The number of pyridine rings is 1. The number of ether oxygens (including phenoxy) is 1. The van der Waals surface area contributed by atoms with Gasteiger partial charge in [0.05, 0.1) is 12.1 Å². The van der Waals surface area contributed by atoms with Crippen LogP contribution < -0.4 is 5.32 Å². The van der Waals surface area contributed by atoms with Crippen molar-refractivity contribution >= 4 is 29.5 Å². The third kappa shape index (κ3) is 6.41. The second-order valence-corrected chi connectivity index (χ2v) is 6.97. The first-order chi connectivity index (χ1) is 12.9. The van der Waals surface area contributed by atoms with Gasteiger partial charge in [0.25, 0.3) is 5.91 Å². The summed E-state index contributed by atoms with van der Waals surface area (Å²) >= 11 is 1.34. The highest BCUT2D eigenvalue weighted by Crippen LogP contribution is 2.29. The van der Waals surface area contributed by atoms with Crippen molar-refractivity contribution in [3.63, 3.8) is 0 Å². The van der Waals surface area contributed by atoms with Crippen molar-refractivity contribution in [2.24, 2.45) is 0 Å². The Morgan fingerprint density at radius 2 is 1.85 bits per heavy atom. The highest BCUT2D eigenvalue weighted by molar-refractivity contribution is 7.99. The van der Waals surface area contributed by atoms with E-state index >= 15 is 0 Å². The number of nitrogens with one attached hydrogen (secondary N) is 1. The van der Waals surface area contributed by atoms with Gasteiger partial charge in [0.2, 0.25) is 5.91 Å². The summed E-state index contributed by atoms with van der Waals surface area (Å²) < 4.78 is 5.05. The minimum absolute atomic E-state index is 0.148. The Morgan fingerprint density at radius 3 is 2.52 bits per heavy atom. The molecule has 1 N–H and O–H groups in total. The Labute approximate surface area is 162 Å². The maximum absolute atomic E-state index is 12.3. The Bertz CT molecular complexity index is 822. The van der Waals surface area contributed by atoms with Crippen molar-refractivity contribution in [3.8, 4) is 0 Å². The van der Waals surface area contributed by atoms with E-state index in [1.54, 1.807) is 32.4 Å². The van der Waals surface area contributed by atoms with Crippen LogP contribution in [0, 0.1) is 6.92 Å². The number of carbonyl (C=O) groups is 3. The summed E-state index contributed by atoms with van der Waals surface area (Å²) in [5, 5.41) is 2.90. The normalized spacial score (nSPS) is 10.2. The minimum atomic E-state index is -0.646. The number of likely N-dealkylation sites (N-methyl/N-ethyl adjacent to an activating group) is 1. The standard InChI is InChI=1S/C19H21N3O4S/c1-13-6-8-14(9-7-13)27-18-15(5-4-10-20-18)19(25)26-12-16(23)21-11-17(24)22(2)3/h4-10H,11-12H2,1-3H3,(H,21,23). The predicted molar refractivity (Wildman–Crippen MR) is 102 cm³/mol. The molecule has 1 aromatic carbocycles. The fourth-order valence-corrected chi connectivity index (χ4v) is 2.81.